The lowest BCUT2D eigenvalue weighted by molar-refractivity contribution is -0.126. The van der Waals surface area contributed by atoms with E-state index in [2.05, 4.69) is 21.2 Å². The van der Waals surface area contributed by atoms with Crippen LogP contribution in [0.3, 0.4) is 0 Å². The lowest BCUT2D eigenvalue weighted by Gasteiger charge is -2.31. The molecule has 0 bridgehead atoms. The van der Waals surface area contributed by atoms with Crippen molar-refractivity contribution in [2.24, 2.45) is 7.05 Å². The van der Waals surface area contributed by atoms with Gasteiger partial charge in [0.1, 0.15) is 11.8 Å². The van der Waals surface area contributed by atoms with Crippen LogP contribution < -0.4 is 20.9 Å². The summed E-state index contributed by atoms with van der Waals surface area (Å²) in [5, 5.41) is 23.2. The average Bonchev–Trinajstić information content (AvgIpc) is 2.58. The minimum atomic E-state index is -1.37. The Hall–Kier alpha value is -2.07. The number of carbonyl (C=O) groups excluding carboxylic acids is 1. The zero-order valence-electron chi connectivity index (χ0n) is 15.1. The Morgan fingerprint density at radius 1 is 1.33 bits per heavy atom. The summed E-state index contributed by atoms with van der Waals surface area (Å²) in [7, 11) is 1.66. The minimum absolute atomic E-state index is 0.0775. The molecule has 0 aromatic carbocycles. The van der Waals surface area contributed by atoms with E-state index in [9.17, 15) is 19.5 Å². The van der Waals surface area contributed by atoms with Crippen LogP contribution in [-0.2, 0) is 11.8 Å². The Labute approximate surface area is 164 Å². The highest BCUT2D eigenvalue weighted by Crippen LogP contribution is 2.28. The molecule has 0 saturated heterocycles. The summed E-state index contributed by atoms with van der Waals surface area (Å²) in [6, 6.07) is 0.0946. The third-order valence-corrected chi connectivity index (χ3v) is 5.10. The number of carbonyl (C=O) groups is 2. The Balaban J connectivity index is 1.88. The van der Waals surface area contributed by atoms with Crippen LogP contribution in [0.1, 0.15) is 32.6 Å². The molecular formula is C17H24BrN3O6. The third-order valence-electron chi connectivity index (χ3n) is 4.50. The molecule has 0 spiro atoms. The number of aliphatic hydroxyl groups is 1. The SMILES string of the molecule is C[C@@H](O)[C@H](NC(=O)O)C(=O)N[C@H]1CC[C@H](Oc2cc(=O)n(C)cc2Br)CC1. The number of rotatable bonds is 6. The van der Waals surface area contributed by atoms with Crippen LogP contribution >= 0.6 is 15.9 Å². The molecule has 0 aliphatic heterocycles. The number of aryl methyl sites for hydroxylation is 1. The van der Waals surface area contributed by atoms with E-state index in [1.807, 2.05) is 5.32 Å². The molecule has 4 N–H and O–H groups in total. The molecule has 1 aliphatic rings. The van der Waals surface area contributed by atoms with Gasteiger partial charge in [-0.1, -0.05) is 0 Å². The van der Waals surface area contributed by atoms with Gasteiger partial charge in [0, 0.05) is 25.4 Å². The second kappa shape index (κ2) is 9.23. The van der Waals surface area contributed by atoms with Crippen molar-refractivity contribution in [3.63, 3.8) is 0 Å². The number of carboxylic acid groups (broad SMARTS) is 1. The van der Waals surface area contributed by atoms with Crippen molar-refractivity contribution in [1.82, 2.24) is 15.2 Å². The van der Waals surface area contributed by atoms with E-state index in [-0.39, 0.29) is 17.7 Å². The molecule has 2 rings (SSSR count). The molecule has 9 nitrogen and oxygen atoms in total. The highest BCUT2D eigenvalue weighted by Gasteiger charge is 2.30. The van der Waals surface area contributed by atoms with E-state index >= 15 is 0 Å². The number of nitrogens with zero attached hydrogens (tertiary/aromatic N) is 1. The first-order valence-electron chi connectivity index (χ1n) is 8.68. The maximum absolute atomic E-state index is 12.2. The fourth-order valence-electron chi connectivity index (χ4n) is 3.00. The van der Waals surface area contributed by atoms with Gasteiger partial charge in [-0.05, 0) is 48.5 Å². The minimum Gasteiger partial charge on any atom is -0.489 e. The first-order chi connectivity index (χ1) is 12.7. The zero-order chi connectivity index (χ0) is 20.1. The monoisotopic (exact) mass is 445 g/mol. The molecule has 1 heterocycles. The number of aromatic nitrogens is 1. The van der Waals surface area contributed by atoms with Crippen LogP contribution in [0.25, 0.3) is 0 Å². The van der Waals surface area contributed by atoms with Gasteiger partial charge in [-0.25, -0.2) is 4.79 Å². The standard InChI is InChI=1S/C17H24BrN3O6/c1-9(22)15(20-17(25)26)16(24)19-10-3-5-11(6-4-10)27-13-7-14(23)21(2)8-12(13)18/h7-11,15,20,22H,3-6H2,1-2H3,(H,19,24)(H,25,26)/t9-,10-,11-,15+/m1/s1. The number of aliphatic hydroxyl groups excluding tert-OH is 1. The van der Waals surface area contributed by atoms with Crippen LogP contribution in [0.4, 0.5) is 4.79 Å². The van der Waals surface area contributed by atoms with E-state index in [4.69, 9.17) is 9.84 Å². The normalized spacial score (nSPS) is 21.8. The summed E-state index contributed by atoms with van der Waals surface area (Å²) >= 11 is 3.38. The molecule has 27 heavy (non-hydrogen) atoms. The summed E-state index contributed by atoms with van der Waals surface area (Å²) < 4.78 is 8.06. The summed E-state index contributed by atoms with van der Waals surface area (Å²) in [5.74, 6) is -0.0588. The zero-order valence-corrected chi connectivity index (χ0v) is 16.7. The second-order valence-electron chi connectivity index (χ2n) is 6.70. The Morgan fingerprint density at radius 2 is 1.96 bits per heavy atom. The van der Waals surface area contributed by atoms with Gasteiger partial charge in [-0.3, -0.25) is 9.59 Å². The van der Waals surface area contributed by atoms with Gasteiger partial charge in [0.05, 0.1) is 16.7 Å². The Morgan fingerprint density at radius 3 is 2.52 bits per heavy atom. The summed E-state index contributed by atoms with van der Waals surface area (Å²) in [6.07, 6.45) is 1.72. The third kappa shape index (κ3) is 5.96. The molecule has 1 aromatic rings. The quantitative estimate of drug-likeness (QED) is 0.516. The predicted octanol–water partition coefficient (Wildman–Crippen LogP) is 0.971. The van der Waals surface area contributed by atoms with Crippen molar-refractivity contribution < 1.29 is 24.5 Å². The van der Waals surface area contributed by atoms with Crippen LogP contribution in [-0.4, -0.2) is 51.1 Å². The van der Waals surface area contributed by atoms with E-state index in [1.54, 1.807) is 13.2 Å². The molecule has 1 fully saturated rings. The van der Waals surface area contributed by atoms with Gasteiger partial charge in [0.15, 0.2) is 0 Å². The molecular weight excluding hydrogens is 422 g/mol. The second-order valence-corrected chi connectivity index (χ2v) is 7.56. The topological polar surface area (TPSA) is 130 Å². The molecule has 0 unspecified atom stereocenters. The smallest absolute Gasteiger partial charge is 0.405 e. The van der Waals surface area contributed by atoms with E-state index in [1.165, 1.54) is 17.6 Å². The number of hydrogen-bond donors (Lipinski definition) is 4. The fraction of sp³-hybridized carbons (Fsp3) is 0.588. The van der Waals surface area contributed by atoms with Gasteiger partial charge >= 0.3 is 6.09 Å². The maximum Gasteiger partial charge on any atom is 0.405 e. The lowest BCUT2D eigenvalue weighted by Crippen LogP contribution is -2.54. The summed E-state index contributed by atoms with van der Waals surface area (Å²) in [5.41, 5.74) is -0.163. The predicted molar refractivity (Wildman–Crippen MR) is 101 cm³/mol. The largest absolute Gasteiger partial charge is 0.489 e. The van der Waals surface area contributed by atoms with Crippen molar-refractivity contribution in [2.75, 3.05) is 0 Å². The number of amides is 2. The van der Waals surface area contributed by atoms with E-state index in [0.717, 1.165) is 0 Å². The average molecular weight is 446 g/mol. The van der Waals surface area contributed by atoms with Crippen LogP contribution in [0.2, 0.25) is 0 Å². The van der Waals surface area contributed by atoms with Gasteiger partial charge in [0.25, 0.3) is 5.56 Å². The molecule has 0 radical (unpaired) electrons. The first-order valence-corrected chi connectivity index (χ1v) is 9.47. The number of nitrogens with one attached hydrogen (secondary N) is 2. The van der Waals surface area contributed by atoms with Gasteiger partial charge < -0.3 is 30.2 Å². The number of halogens is 1. The highest BCUT2D eigenvalue weighted by molar-refractivity contribution is 9.10. The van der Waals surface area contributed by atoms with Crippen LogP contribution in [0.15, 0.2) is 21.5 Å². The first kappa shape index (κ1) is 21.2. The number of hydrogen-bond acceptors (Lipinski definition) is 5. The van der Waals surface area contributed by atoms with E-state index < -0.39 is 24.1 Å². The van der Waals surface area contributed by atoms with Crippen molar-refractivity contribution in [1.29, 1.82) is 0 Å². The van der Waals surface area contributed by atoms with Crippen molar-refractivity contribution in [3.8, 4) is 5.75 Å². The Bertz CT molecular complexity index is 743. The number of ether oxygens (including phenoxy) is 1. The molecule has 2 amide bonds. The fourth-order valence-corrected chi connectivity index (χ4v) is 3.52. The van der Waals surface area contributed by atoms with E-state index in [0.29, 0.717) is 35.9 Å². The number of pyridine rings is 1. The van der Waals surface area contributed by atoms with Crippen molar-refractivity contribution >= 4 is 27.9 Å². The van der Waals surface area contributed by atoms with Gasteiger partial charge in [-0.2, -0.15) is 0 Å². The molecule has 150 valence electrons. The summed E-state index contributed by atoms with van der Waals surface area (Å²) in [6.45, 7) is 1.35. The summed E-state index contributed by atoms with van der Waals surface area (Å²) in [4.78, 5) is 34.7. The lowest BCUT2D eigenvalue weighted by atomic mass is 9.92. The molecule has 1 aliphatic carbocycles. The maximum atomic E-state index is 12.2. The van der Waals surface area contributed by atoms with Crippen LogP contribution in [0, 0.1) is 0 Å². The molecule has 2 atom stereocenters. The highest BCUT2D eigenvalue weighted by atomic mass is 79.9. The van der Waals surface area contributed by atoms with Crippen LogP contribution in [0.5, 0.6) is 5.75 Å². The molecule has 1 aromatic heterocycles. The molecule has 1 saturated carbocycles. The van der Waals surface area contributed by atoms with Crippen molar-refractivity contribution in [3.05, 3.63) is 27.1 Å². The Kier molecular flexibility index (Phi) is 7.25. The van der Waals surface area contributed by atoms with Crippen molar-refractivity contribution in [2.45, 2.75) is 56.9 Å². The molecule has 10 heteroatoms. The van der Waals surface area contributed by atoms with Gasteiger partial charge in [-0.15, -0.1) is 0 Å². The van der Waals surface area contributed by atoms with Gasteiger partial charge in [0.2, 0.25) is 5.91 Å².